The predicted molar refractivity (Wildman–Crippen MR) is 90.2 cm³/mol. The molecule has 0 saturated heterocycles. The van der Waals surface area contributed by atoms with Gasteiger partial charge in [-0.2, -0.15) is 5.26 Å². The molecule has 1 amide bonds. The summed E-state index contributed by atoms with van der Waals surface area (Å²) in [5.74, 6) is -0.532. The summed E-state index contributed by atoms with van der Waals surface area (Å²) in [6.45, 7) is 0.377. The van der Waals surface area contributed by atoms with E-state index >= 15 is 0 Å². The number of carbonyl (C=O) groups is 2. The van der Waals surface area contributed by atoms with E-state index in [-0.39, 0.29) is 18.3 Å². The lowest BCUT2D eigenvalue weighted by Crippen LogP contribution is -2.25. The van der Waals surface area contributed by atoms with Gasteiger partial charge >= 0.3 is 5.97 Å². The Morgan fingerprint density at radius 2 is 1.75 bits per heavy atom. The molecule has 122 valence electrons. The van der Waals surface area contributed by atoms with Crippen LogP contribution in [0.25, 0.3) is 11.1 Å². The Morgan fingerprint density at radius 1 is 1.08 bits per heavy atom. The van der Waals surface area contributed by atoms with Gasteiger partial charge in [0, 0.05) is 24.1 Å². The van der Waals surface area contributed by atoms with Crippen LogP contribution in [0.15, 0.2) is 48.5 Å². The van der Waals surface area contributed by atoms with Crippen LogP contribution in [0.4, 0.5) is 0 Å². The van der Waals surface area contributed by atoms with Crippen LogP contribution in [-0.2, 0) is 9.53 Å². The standard InChI is InChI=1S/C19H18N2O3/c1-24-18(22)11-6-12-21-19(23)17-10-5-4-9-16(17)15-8-3-2-7-14(15)13-20/h2-5,7-10H,6,11-12H2,1H3,(H,21,23). The highest BCUT2D eigenvalue weighted by atomic mass is 16.5. The number of hydrogen-bond acceptors (Lipinski definition) is 4. The smallest absolute Gasteiger partial charge is 0.305 e. The Morgan fingerprint density at radius 3 is 2.46 bits per heavy atom. The molecule has 0 radical (unpaired) electrons. The molecule has 24 heavy (non-hydrogen) atoms. The lowest BCUT2D eigenvalue weighted by molar-refractivity contribution is -0.140. The fourth-order valence-corrected chi connectivity index (χ4v) is 2.36. The first-order valence-electron chi connectivity index (χ1n) is 7.61. The van der Waals surface area contributed by atoms with Crippen molar-refractivity contribution in [2.24, 2.45) is 0 Å². The number of ether oxygens (including phenoxy) is 1. The minimum atomic E-state index is -0.299. The third kappa shape index (κ3) is 4.20. The lowest BCUT2D eigenvalue weighted by atomic mass is 9.95. The van der Waals surface area contributed by atoms with Gasteiger partial charge in [0.2, 0.25) is 0 Å². The predicted octanol–water partition coefficient (Wildman–Crippen LogP) is 2.91. The number of nitrogens with one attached hydrogen (secondary N) is 1. The van der Waals surface area contributed by atoms with Gasteiger partial charge in [-0.15, -0.1) is 0 Å². The fraction of sp³-hybridized carbons (Fsp3) is 0.211. The molecule has 0 bridgehead atoms. The van der Waals surface area contributed by atoms with Crippen LogP contribution in [0.3, 0.4) is 0 Å². The summed E-state index contributed by atoms with van der Waals surface area (Å²) in [6, 6.07) is 16.5. The van der Waals surface area contributed by atoms with E-state index in [1.54, 1.807) is 24.3 Å². The molecule has 0 saturated carbocycles. The Balaban J connectivity index is 2.16. The minimum Gasteiger partial charge on any atom is -0.469 e. The maximum absolute atomic E-state index is 12.4. The van der Waals surface area contributed by atoms with Gasteiger partial charge < -0.3 is 10.1 Å². The highest BCUT2D eigenvalue weighted by Gasteiger charge is 2.14. The fourth-order valence-electron chi connectivity index (χ4n) is 2.36. The summed E-state index contributed by atoms with van der Waals surface area (Å²) in [5, 5.41) is 12.1. The molecule has 2 rings (SSSR count). The average Bonchev–Trinajstić information content (AvgIpc) is 2.64. The maximum Gasteiger partial charge on any atom is 0.305 e. The van der Waals surface area contributed by atoms with Gasteiger partial charge in [-0.3, -0.25) is 9.59 Å². The largest absolute Gasteiger partial charge is 0.469 e. The molecule has 0 heterocycles. The van der Waals surface area contributed by atoms with E-state index in [0.29, 0.717) is 29.7 Å². The summed E-state index contributed by atoms with van der Waals surface area (Å²) < 4.78 is 4.56. The molecule has 5 heteroatoms. The van der Waals surface area contributed by atoms with Crippen molar-refractivity contribution in [1.29, 1.82) is 5.26 Å². The topological polar surface area (TPSA) is 79.2 Å². The quantitative estimate of drug-likeness (QED) is 0.655. The van der Waals surface area contributed by atoms with Gasteiger partial charge in [-0.1, -0.05) is 36.4 Å². The Bertz CT molecular complexity index is 778. The highest BCUT2D eigenvalue weighted by Crippen LogP contribution is 2.26. The van der Waals surface area contributed by atoms with E-state index in [0.717, 1.165) is 5.56 Å². The summed E-state index contributed by atoms with van der Waals surface area (Å²) in [7, 11) is 1.34. The third-order valence-corrected chi connectivity index (χ3v) is 3.58. The van der Waals surface area contributed by atoms with Crippen LogP contribution >= 0.6 is 0 Å². The summed E-state index contributed by atoms with van der Waals surface area (Å²) >= 11 is 0. The molecule has 0 aliphatic carbocycles. The first-order chi connectivity index (χ1) is 11.7. The zero-order valence-corrected chi connectivity index (χ0v) is 13.4. The van der Waals surface area contributed by atoms with E-state index in [4.69, 9.17) is 0 Å². The van der Waals surface area contributed by atoms with Gasteiger partial charge in [-0.25, -0.2) is 0 Å². The zero-order chi connectivity index (χ0) is 17.4. The van der Waals surface area contributed by atoms with E-state index in [2.05, 4.69) is 16.1 Å². The second-order valence-electron chi connectivity index (χ2n) is 5.14. The molecule has 0 spiro atoms. The zero-order valence-electron chi connectivity index (χ0n) is 13.4. The number of nitrogens with zero attached hydrogens (tertiary/aromatic N) is 1. The first-order valence-corrected chi connectivity index (χ1v) is 7.61. The number of benzene rings is 2. The Kier molecular flexibility index (Phi) is 6.09. The molecule has 5 nitrogen and oxygen atoms in total. The molecule has 0 aliphatic heterocycles. The van der Waals surface area contributed by atoms with Crippen molar-refractivity contribution in [3.63, 3.8) is 0 Å². The average molecular weight is 322 g/mol. The van der Waals surface area contributed by atoms with Crippen molar-refractivity contribution in [3.05, 3.63) is 59.7 Å². The third-order valence-electron chi connectivity index (χ3n) is 3.58. The van der Waals surface area contributed by atoms with Gasteiger partial charge in [0.05, 0.1) is 18.7 Å². The molecule has 1 N–H and O–H groups in total. The SMILES string of the molecule is COC(=O)CCCNC(=O)c1ccccc1-c1ccccc1C#N. The number of esters is 1. The lowest BCUT2D eigenvalue weighted by Gasteiger charge is -2.11. The summed E-state index contributed by atoms with van der Waals surface area (Å²) in [6.07, 6.45) is 0.769. The second-order valence-corrected chi connectivity index (χ2v) is 5.14. The van der Waals surface area contributed by atoms with Crippen LogP contribution in [0, 0.1) is 11.3 Å². The van der Waals surface area contributed by atoms with Crippen LogP contribution < -0.4 is 5.32 Å². The molecular formula is C19H18N2O3. The molecular weight excluding hydrogens is 304 g/mol. The van der Waals surface area contributed by atoms with Crippen molar-refractivity contribution in [2.45, 2.75) is 12.8 Å². The molecule has 0 fully saturated rings. The molecule has 0 unspecified atom stereocenters. The van der Waals surface area contributed by atoms with Crippen molar-refractivity contribution in [3.8, 4) is 17.2 Å². The van der Waals surface area contributed by atoms with Crippen LogP contribution in [0.2, 0.25) is 0 Å². The number of methoxy groups -OCH3 is 1. The van der Waals surface area contributed by atoms with Crippen LogP contribution in [0.5, 0.6) is 0 Å². The van der Waals surface area contributed by atoms with Gasteiger partial charge in [0.25, 0.3) is 5.91 Å². The van der Waals surface area contributed by atoms with Gasteiger partial charge in [0.1, 0.15) is 0 Å². The van der Waals surface area contributed by atoms with Crippen LogP contribution in [-0.4, -0.2) is 25.5 Å². The van der Waals surface area contributed by atoms with E-state index in [9.17, 15) is 14.9 Å². The molecule has 2 aromatic carbocycles. The Labute approximate surface area is 140 Å². The molecule has 0 aromatic heterocycles. The Hall–Kier alpha value is -3.13. The summed E-state index contributed by atoms with van der Waals surface area (Å²) in [5.41, 5.74) is 2.45. The molecule has 0 atom stereocenters. The van der Waals surface area contributed by atoms with Crippen molar-refractivity contribution in [1.82, 2.24) is 5.32 Å². The number of rotatable bonds is 6. The second kappa shape index (κ2) is 8.49. The summed E-state index contributed by atoms with van der Waals surface area (Å²) in [4.78, 5) is 23.5. The molecule has 0 aliphatic rings. The van der Waals surface area contributed by atoms with E-state index in [1.807, 2.05) is 24.3 Å². The minimum absolute atomic E-state index is 0.233. The molecule has 2 aromatic rings. The highest BCUT2D eigenvalue weighted by molar-refractivity contribution is 6.01. The van der Waals surface area contributed by atoms with Crippen molar-refractivity contribution in [2.75, 3.05) is 13.7 Å². The van der Waals surface area contributed by atoms with Crippen LogP contribution in [0.1, 0.15) is 28.8 Å². The number of amides is 1. The van der Waals surface area contributed by atoms with Crippen molar-refractivity contribution < 1.29 is 14.3 Å². The first kappa shape index (κ1) is 17.2. The van der Waals surface area contributed by atoms with Gasteiger partial charge in [0.15, 0.2) is 0 Å². The normalized spacial score (nSPS) is 9.83. The van der Waals surface area contributed by atoms with E-state index in [1.165, 1.54) is 7.11 Å². The van der Waals surface area contributed by atoms with Crippen molar-refractivity contribution >= 4 is 11.9 Å². The number of carbonyl (C=O) groups excluding carboxylic acids is 2. The maximum atomic E-state index is 12.4. The van der Waals surface area contributed by atoms with E-state index < -0.39 is 0 Å². The number of nitriles is 1. The van der Waals surface area contributed by atoms with Gasteiger partial charge in [-0.05, 0) is 24.1 Å². The number of hydrogen-bond donors (Lipinski definition) is 1. The monoisotopic (exact) mass is 322 g/mol.